The molecule has 0 amide bonds. The molecule has 1 aromatic rings. The Morgan fingerprint density at radius 2 is 1.94 bits per heavy atom. The molecular formula is C11H14LiN3O2. The summed E-state index contributed by atoms with van der Waals surface area (Å²) in [4.78, 5) is 18.9. The first kappa shape index (κ1) is 14.0. The van der Waals surface area contributed by atoms with Crippen molar-refractivity contribution in [2.75, 3.05) is 38.1 Å². The zero-order valence-corrected chi connectivity index (χ0v) is 10.2. The van der Waals surface area contributed by atoms with Crippen LogP contribution in [-0.2, 0) is 0 Å². The molecule has 0 unspecified atom stereocenters. The van der Waals surface area contributed by atoms with E-state index in [-0.39, 0.29) is 24.6 Å². The summed E-state index contributed by atoms with van der Waals surface area (Å²) in [6, 6.07) is 3.27. The minimum Gasteiger partial charge on any atom is -0.543 e. The van der Waals surface area contributed by atoms with Crippen molar-refractivity contribution in [3.63, 3.8) is 0 Å². The van der Waals surface area contributed by atoms with Gasteiger partial charge in [-0.2, -0.15) is 0 Å². The van der Waals surface area contributed by atoms with E-state index in [9.17, 15) is 9.90 Å². The number of rotatable bonds is 2. The number of anilines is 1. The average molecular weight is 227 g/mol. The Morgan fingerprint density at radius 1 is 1.29 bits per heavy atom. The van der Waals surface area contributed by atoms with Gasteiger partial charge in [0.15, 0.2) is 0 Å². The van der Waals surface area contributed by atoms with Gasteiger partial charge in [0.1, 0.15) is 0 Å². The van der Waals surface area contributed by atoms with Gasteiger partial charge < -0.3 is 19.7 Å². The predicted molar refractivity (Wildman–Crippen MR) is 58.3 cm³/mol. The minimum atomic E-state index is -1.23. The molecule has 0 atom stereocenters. The summed E-state index contributed by atoms with van der Waals surface area (Å²) in [5.41, 5.74) is 0.955. The molecule has 86 valence electrons. The molecule has 1 fully saturated rings. The van der Waals surface area contributed by atoms with Crippen LogP contribution in [-0.4, -0.2) is 49.1 Å². The maximum Gasteiger partial charge on any atom is 1.00 e. The Hall–Kier alpha value is -1.02. The van der Waals surface area contributed by atoms with Crippen LogP contribution in [0.15, 0.2) is 18.3 Å². The number of carboxylic acids is 1. The van der Waals surface area contributed by atoms with Gasteiger partial charge in [-0.3, -0.25) is 4.98 Å². The van der Waals surface area contributed by atoms with Gasteiger partial charge in [0.25, 0.3) is 0 Å². The van der Waals surface area contributed by atoms with E-state index in [0.29, 0.717) is 0 Å². The Morgan fingerprint density at radius 3 is 2.41 bits per heavy atom. The predicted octanol–water partition coefficient (Wildman–Crippen LogP) is -3.80. The van der Waals surface area contributed by atoms with E-state index in [1.54, 1.807) is 12.3 Å². The van der Waals surface area contributed by atoms with Gasteiger partial charge in [-0.15, -0.1) is 0 Å². The second-order valence-corrected chi connectivity index (χ2v) is 3.98. The van der Waals surface area contributed by atoms with E-state index < -0.39 is 5.97 Å². The summed E-state index contributed by atoms with van der Waals surface area (Å²) in [5, 5.41) is 10.5. The molecule has 1 aliphatic heterocycles. The van der Waals surface area contributed by atoms with Gasteiger partial charge in [-0.25, -0.2) is 0 Å². The Bertz CT molecular complexity index is 375. The van der Waals surface area contributed by atoms with Gasteiger partial charge in [0, 0.05) is 26.2 Å². The smallest absolute Gasteiger partial charge is 0.543 e. The van der Waals surface area contributed by atoms with Gasteiger partial charge >= 0.3 is 18.9 Å². The number of aromatic nitrogens is 1. The number of carbonyl (C=O) groups is 1. The van der Waals surface area contributed by atoms with Crippen molar-refractivity contribution in [2.24, 2.45) is 0 Å². The van der Waals surface area contributed by atoms with Crippen LogP contribution in [0.1, 0.15) is 10.5 Å². The number of hydrogen-bond donors (Lipinski definition) is 0. The Labute approximate surface area is 113 Å². The largest absolute Gasteiger partial charge is 1.00 e. The van der Waals surface area contributed by atoms with Crippen molar-refractivity contribution in [1.82, 2.24) is 9.88 Å². The number of hydrogen-bond acceptors (Lipinski definition) is 5. The van der Waals surface area contributed by atoms with E-state index in [1.807, 2.05) is 0 Å². The van der Waals surface area contributed by atoms with Gasteiger partial charge in [-0.1, -0.05) is 0 Å². The SMILES string of the molecule is CN1CCN(c2ccc(C(=O)[O-])nc2)CC1.[Li+]. The quantitative estimate of drug-likeness (QED) is 0.485. The molecule has 0 aliphatic carbocycles. The number of nitrogens with zero attached hydrogens (tertiary/aromatic N) is 3. The molecule has 0 radical (unpaired) electrons. The zero-order chi connectivity index (χ0) is 11.5. The first-order chi connectivity index (χ1) is 7.66. The van der Waals surface area contributed by atoms with Gasteiger partial charge in [-0.05, 0) is 19.2 Å². The van der Waals surface area contributed by atoms with Crippen molar-refractivity contribution >= 4 is 11.7 Å². The molecule has 17 heavy (non-hydrogen) atoms. The number of aromatic carboxylic acids is 1. The van der Waals surface area contributed by atoms with E-state index in [2.05, 4.69) is 21.8 Å². The second-order valence-electron chi connectivity index (χ2n) is 3.98. The van der Waals surface area contributed by atoms with Crippen LogP contribution >= 0.6 is 0 Å². The van der Waals surface area contributed by atoms with Crippen LogP contribution in [0.5, 0.6) is 0 Å². The number of piperazine rings is 1. The fourth-order valence-electron chi connectivity index (χ4n) is 1.76. The van der Waals surface area contributed by atoms with Gasteiger partial charge in [0.2, 0.25) is 0 Å². The molecule has 5 nitrogen and oxygen atoms in total. The molecule has 0 N–H and O–H groups in total. The van der Waals surface area contributed by atoms with E-state index in [0.717, 1.165) is 31.9 Å². The molecule has 2 rings (SSSR count). The Balaban J connectivity index is 0.00000144. The summed E-state index contributed by atoms with van der Waals surface area (Å²) >= 11 is 0. The summed E-state index contributed by atoms with van der Waals surface area (Å²) in [7, 11) is 2.09. The average Bonchev–Trinajstić information content (AvgIpc) is 2.30. The van der Waals surface area contributed by atoms with Crippen molar-refractivity contribution in [3.05, 3.63) is 24.0 Å². The van der Waals surface area contributed by atoms with Crippen molar-refractivity contribution < 1.29 is 28.8 Å². The number of carbonyl (C=O) groups excluding carboxylic acids is 1. The molecule has 0 saturated carbocycles. The summed E-state index contributed by atoms with van der Waals surface area (Å²) in [6.07, 6.45) is 1.59. The van der Waals surface area contributed by atoms with Crippen LogP contribution in [0.3, 0.4) is 0 Å². The van der Waals surface area contributed by atoms with Crippen molar-refractivity contribution in [3.8, 4) is 0 Å². The summed E-state index contributed by atoms with van der Waals surface area (Å²) in [5.74, 6) is -1.23. The summed E-state index contributed by atoms with van der Waals surface area (Å²) in [6.45, 7) is 3.93. The van der Waals surface area contributed by atoms with Crippen molar-refractivity contribution in [1.29, 1.82) is 0 Å². The molecular weight excluding hydrogens is 213 g/mol. The first-order valence-electron chi connectivity index (χ1n) is 5.28. The van der Waals surface area contributed by atoms with Crippen LogP contribution in [0, 0.1) is 0 Å². The van der Waals surface area contributed by atoms with E-state index in [4.69, 9.17) is 0 Å². The number of carboxylic acid groups (broad SMARTS) is 1. The van der Waals surface area contributed by atoms with Gasteiger partial charge in [0.05, 0.1) is 23.5 Å². The zero-order valence-electron chi connectivity index (χ0n) is 10.2. The maximum atomic E-state index is 10.5. The standard InChI is InChI=1S/C11H15N3O2.Li/c1-13-4-6-14(7-5-13)9-2-3-10(11(15)16)12-8-9;/h2-3,8H,4-7H2,1H3,(H,15,16);/q;+1/p-1. The maximum absolute atomic E-state index is 10.5. The van der Waals surface area contributed by atoms with Crippen LogP contribution in [0.2, 0.25) is 0 Å². The molecule has 0 spiro atoms. The number of pyridine rings is 1. The van der Waals surface area contributed by atoms with Crippen LogP contribution < -0.4 is 28.9 Å². The monoisotopic (exact) mass is 227 g/mol. The molecule has 0 bridgehead atoms. The second kappa shape index (κ2) is 6.06. The van der Waals surface area contributed by atoms with Crippen LogP contribution in [0.4, 0.5) is 5.69 Å². The fraction of sp³-hybridized carbons (Fsp3) is 0.455. The first-order valence-corrected chi connectivity index (χ1v) is 5.28. The topological polar surface area (TPSA) is 59.5 Å². The fourth-order valence-corrected chi connectivity index (χ4v) is 1.76. The molecule has 0 aromatic carbocycles. The van der Waals surface area contributed by atoms with E-state index in [1.165, 1.54) is 6.07 Å². The summed E-state index contributed by atoms with van der Waals surface area (Å²) < 4.78 is 0. The molecule has 6 heteroatoms. The van der Waals surface area contributed by atoms with Crippen LogP contribution in [0.25, 0.3) is 0 Å². The third-order valence-corrected chi connectivity index (χ3v) is 2.83. The third-order valence-electron chi connectivity index (χ3n) is 2.83. The van der Waals surface area contributed by atoms with E-state index >= 15 is 0 Å². The number of likely N-dealkylation sites (N-methyl/N-ethyl adjacent to an activating group) is 1. The normalized spacial score (nSPS) is 16.4. The molecule has 1 aromatic heterocycles. The molecule has 2 heterocycles. The third kappa shape index (κ3) is 3.47. The molecule has 1 saturated heterocycles. The van der Waals surface area contributed by atoms with Crippen molar-refractivity contribution in [2.45, 2.75) is 0 Å². The molecule has 1 aliphatic rings. The minimum absolute atomic E-state index is 0. The Kier molecular flexibility index (Phi) is 5.00.